The van der Waals surface area contributed by atoms with Gasteiger partial charge in [-0.25, -0.2) is 0 Å². The maximum Gasteiger partial charge on any atom is 0.166 e. The van der Waals surface area contributed by atoms with Crippen molar-refractivity contribution in [2.45, 2.75) is 25.4 Å². The summed E-state index contributed by atoms with van der Waals surface area (Å²) in [5.74, 6) is 0. The van der Waals surface area contributed by atoms with E-state index < -0.39 is 0 Å². The van der Waals surface area contributed by atoms with Gasteiger partial charge >= 0.3 is 0 Å². The summed E-state index contributed by atoms with van der Waals surface area (Å²) in [6.07, 6.45) is 2.26. The molecule has 2 rings (SSSR count). The average molecular weight is 355 g/mol. The molecule has 6 heteroatoms. The van der Waals surface area contributed by atoms with E-state index in [-0.39, 0.29) is 0 Å². The minimum atomic E-state index is 0.482. The first-order chi connectivity index (χ1) is 11.0. The summed E-state index contributed by atoms with van der Waals surface area (Å²) in [5, 5.41) is 8.29. The van der Waals surface area contributed by atoms with Crippen LogP contribution in [-0.2, 0) is 6.54 Å². The zero-order valence-electron chi connectivity index (χ0n) is 14.0. The Labute approximate surface area is 150 Å². The SMILES string of the molecule is CN(C)CCNC(=S)NC1CCN(Cc2ccc(Cl)cc2)CC1. The van der Waals surface area contributed by atoms with Crippen LogP contribution in [0, 0.1) is 0 Å². The van der Waals surface area contributed by atoms with E-state index in [1.165, 1.54) is 5.56 Å². The summed E-state index contributed by atoms with van der Waals surface area (Å²) in [6, 6.07) is 8.62. The molecule has 1 aromatic rings. The highest BCUT2D eigenvalue weighted by molar-refractivity contribution is 7.80. The molecule has 1 heterocycles. The molecular formula is C17H27ClN4S. The van der Waals surface area contributed by atoms with Crippen molar-refractivity contribution in [3.8, 4) is 0 Å². The number of likely N-dealkylation sites (tertiary alicyclic amines) is 1. The number of thiocarbonyl (C=S) groups is 1. The molecule has 0 unspecified atom stereocenters. The summed E-state index contributed by atoms with van der Waals surface area (Å²) >= 11 is 11.3. The first-order valence-electron chi connectivity index (χ1n) is 8.19. The summed E-state index contributed by atoms with van der Waals surface area (Å²) in [4.78, 5) is 4.63. The van der Waals surface area contributed by atoms with Crippen LogP contribution in [0.15, 0.2) is 24.3 Å². The van der Waals surface area contributed by atoms with E-state index in [0.717, 1.165) is 55.7 Å². The number of piperidine rings is 1. The number of rotatable bonds is 6. The van der Waals surface area contributed by atoms with E-state index in [0.29, 0.717) is 6.04 Å². The molecule has 1 aromatic carbocycles. The third kappa shape index (κ3) is 7.04. The summed E-state index contributed by atoms with van der Waals surface area (Å²) in [7, 11) is 4.13. The Morgan fingerprint density at radius 3 is 2.52 bits per heavy atom. The topological polar surface area (TPSA) is 30.5 Å². The molecule has 0 aliphatic carbocycles. The summed E-state index contributed by atoms with van der Waals surface area (Å²) in [6.45, 7) is 5.06. The molecular weight excluding hydrogens is 328 g/mol. The third-order valence-electron chi connectivity index (χ3n) is 4.09. The van der Waals surface area contributed by atoms with Crippen molar-refractivity contribution in [1.82, 2.24) is 20.4 Å². The molecule has 0 aromatic heterocycles. The molecule has 0 spiro atoms. The quantitative estimate of drug-likeness (QED) is 0.766. The van der Waals surface area contributed by atoms with E-state index in [1.807, 2.05) is 12.1 Å². The molecule has 1 saturated heterocycles. The zero-order valence-corrected chi connectivity index (χ0v) is 15.6. The van der Waals surface area contributed by atoms with Crippen LogP contribution < -0.4 is 10.6 Å². The molecule has 1 aliphatic heterocycles. The van der Waals surface area contributed by atoms with Crippen LogP contribution >= 0.6 is 23.8 Å². The minimum Gasteiger partial charge on any atom is -0.361 e. The summed E-state index contributed by atoms with van der Waals surface area (Å²) in [5.41, 5.74) is 1.32. The van der Waals surface area contributed by atoms with E-state index in [1.54, 1.807) is 0 Å². The second-order valence-corrected chi connectivity index (χ2v) is 7.23. The van der Waals surface area contributed by atoms with Crippen molar-refractivity contribution in [2.24, 2.45) is 0 Å². The summed E-state index contributed by atoms with van der Waals surface area (Å²) < 4.78 is 0. The Bertz CT molecular complexity index is 484. The Morgan fingerprint density at radius 1 is 1.26 bits per heavy atom. The maximum absolute atomic E-state index is 5.93. The Hall–Kier alpha value is -0.880. The van der Waals surface area contributed by atoms with Gasteiger partial charge in [-0.15, -0.1) is 0 Å². The van der Waals surface area contributed by atoms with Gasteiger partial charge < -0.3 is 15.5 Å². The predicted molar refractivity (Wildman–Crippen MR) is 102 cm³/mol. The fourth-order valence-corrected chi connectivity index (χ4v) is 3.11. The van der Waals surface area contributed by atoms with Crippen LogP contribution in [0.3, 0.4) is 0 Å². The van der Waals surface area contributed by atoms with Crippen molar-refractivity contribution in [2.75, 3.05) is 40.3 Å². The number of hydrogen-bond acceptors (Lipinski definition) is 3. The average Bonchev–Trinajstić information content (AvgIpc) is 2.51. The molecule has 0 radical (unpaired) electrons. The van der Waals surface area contributed by atoms with Crippen LogP contribution in [0.2, 0.25) is 5.02 Å². The van der Waals surface area contributed by atoms with Gasteiger partial charge in [0.1, 0.15) is 0 Å². The second kappa shape index (κ2) is 9.42. The van der Waals surface area contributed by atoms with E-state index >= 15 is 0 Å². The lowest BCUT2D eigenvalue weighted by Crippen LogP contribution is -2.48. The second-order valence-electron chi connectivity index (χ2n) is 6.38. The van der Waals surface area contributed by atoms with Gasteiger partial charge in [0.05, 0.1) is 0 Å². The van der Waals surface area contributed by atoms with Gasteiger partial charge in [0.25, 0.3) is 0 Å². The highest BCUT2D eigenvalue weighted by Gasteiger charge is 2.19. The fraction of sp³-hybridized carbons (Fsp3) is 0.588. The monoisotopic (exact) mass is 354 g/mol. The lowest BCUT2D eigenvalue weighted by Gasteiger charge is -2.33. The fourth-order valence-electron chi connectivity index (χ4n) is 2.71. The first kappa shape index (κ1) is 18.5. The van der Waals surface area contributed by atoms with Crippen LogP contribution in [0.25, 0.3) is 0 Å². The molecule has 23 heavy (non-hydrogen) atoms. The molecule has 0 amide bonds. The zero-order chi connectivity index (χ0) is 16.7. The first-order valence-corrected chi connectivity index (χ1v) is 8.97. The largest absolute Gasteiger partial charge is 0.361 e. The Morgan fingerprint density at radius 2 is 1.91 bits per heavy atom. The Kier molecular flexibility index (Phi) is 7.56. The smallest absolute Gasteiger partial charge is 0.166 e. The third-order valence-corrected chi connectivity index (χ3v) is 4.60. The number of nitrogens with one attached hydrogen (secondary N) is 2. The normalized spacial score (nSPS) is 16.5. The number of halogens is 1. The molecule has 1 fully saturated rings. The number of nitrogens with zero attached hydrogens (tertiary/aromatic N) is 2. The van der Waals surface area contributed by atoms with Gasteiger partial charge in [-0.2, -0.15) is 0 Å². The highest BCUT2D eigenvalue weighted by atomic mass is 35.5. The minimum absolute atomic E-state index is 0.482. The van der Waals surface area contributed by atoms with E-state index in [4.69, 9.17) is 23.8 Å². The Balaban J connectivity index is 1.65. The van der Waals surface area contributed by atoms with Gasteiger partial charge in [-0.05, 0) is 56.9 Å². The van der Waals surface area contributed by atoms with Crippen LogP contribution in [0.5, 0.6) is 0 Å². The molecule has 1 aliphatic rings. The van der Waals surface area contributed by atoms with Crippen LogP contribution in [0.1, 0.15) is 18.4 Å². The van der Waals surface area contributed by atoms with Crippen molar-refractivity contribution in [3.63, 3.8) is 0 Å². The number of hydrogen-bond donors (Lipinski definition) is 2. The number of benzene rings is 1. The van der Waals surface area contributed by atoms with Crippen LogP contribution in [0.4, 0.5) is 0 Å². The van der Waals surface area contributed by atoms with E-state index in [2.05, 4.69) is 46.7 Å². The van der Waals surface area contributed by atoms with Crippen LogP contribution in [-0.4, -0.2) is 61.2 Å². The maximum atomic E-state index is 5.93. The highest BCUT2D eigenvalue weighted by Crippen LogP contribution is 2.15. The molecule has 2 N–H and O–H groups in total. The van der Waals surface area contributed by atoms with E-state index in [9.17, 15) is 0 Å². The lowest BCUT2D eigenvalue weighted by molar-refractivity contribution is 0.199. The molecule has 0 bridgehead atoms. The molecule has 0 saturated carbocycles. The predicted octanol–water partition coefficient (Wildman–Crippen LogP) is 2.33. The standard InChI is InChI=1S/C17H27ClN4S/c1-21(2)12-9-19-17(23)20-16-7-10-22(11-8-16)13-14-3-5-15(18)6-4-14/h3-6,16H,7-13H2,1-2H3,(H2,19,20,23). The van der Waals surface area contributed by atoms with Crippen molar-refractivity contribution in [3.05, 3.63) is 34.9 Å². The van der Waals surface area contributed by atoms with Crippen molar-refractivity contribution in [1.29, 1.82) is 0 Å². The van der Waals surface area contributed by atoms with Gasteiger partial charge in [-0.3, -0.25) is 4.90 Å². The van der Waals surface area contributed by atoms with Crippen molar-refractivity contribution < 1.29 is 0 Å². The molecule has 4 nitrogen and oxygen atoms in total. The van der Waals surface area contributed by atoms with Crippen molar-refractivity contribution >= 4 is 28.9 Å². The number of likely N-dealkylation sites (N-methyl/N-ethyl adjacent to an activating group) is 1. The molecule has 0 atom stereocenters. The van der Waals surface area contributed by atoms with Gasteiger partial charge in [-0.1, -0.05) is 23.7 Å². The van der Waals surface area contributed by atoms with Gasteiger partial charge in [0.2, 0.25) is 0 Å². The van der Waals surface area contributed by atoms with Gasteiger partial charge in [0, 0.05) is 43.8 Å². The van der Waals surface area contributed by atoms with Gasteiger partial charge in [0.15, 0.2) is 5.11 Å². The molecule has 128 valence electrons. The lowest BCUT2D eigenvalue weighted by atomic mass is 10.0.